The Kier molecular flexibility index (Phi) is 3.69. The van der Waals surface area contributed by atoms with E-state index in [1.165, 1.54) is 0 Å². The molecule has 2 aliphatic heterocycles. The van der Waals surface area contributed by atoms with E-state index in [-0.39, 0.29) is 38.1 Å². The van der Waals surface area contributed by atoms with Crippen molar-refractivity contribution in [2.75, 3.05) is 18.8 Å². The van der Waals surface area contributed by atoms with Crippen molar-refractivity contribution >= 4 is 27.9 Å². The Morgan fingerprint density at radius 2 is 2.10 bits per heavy atom. The Balaban J connectivity index is 2.00. The summed E-state index contributed by atoms with van der Waals surface area (Å²) in [5.74, 6) is -1.86. The minimum absolute atomic E-state index is 0.0136. The van der Waals surface area contributed by atoms with Crippen molar-refractivity contribution in [3.05, 3.63) is 0 Å². The molecule has 2 rings (SSSR count). The molecule has 2 saturated heterocycles. The number of carbonyl (C=O) groups is 3. The highest BCUT2D eigenvalue weighted by atomic mass is 32.2. The van der Waals surface area contributed by atoms with Crippen molar-refractivity contribution < 1.29 is 27.9 Å². The molecule has 0 aromatic rings. The number of aliphatic carboxylic acids is 1. The lowest BCUT2D eigenvalue weighted by Gasteiger charge is -2.20. The van der Waals surface area contributed by atoms with E-state index < -0.39 is 33.5 Å². The third kappa shape index (κ3) is 2.75. The first kappa shape index (κ1) is 14.7. The summed E-state index contributed by atoms with van der Waals surface area (Å²) in [6.45, 7) is 0.0169. The summed E-state index contributed by atoms with van der Waals surface area (Å²) < 4.78 is 25.2. The summed E-state index contributed by atoms with van der Waals surface area (Å²) in [7, 11) is -3.62. The number of carbonyl (C=O) groups excluding carboxylic acids is 2. The predicted molar refractivity (Wildman–Crippen MR) is 66.3 cm³/mol. The fourth-order valence-electron chi connectivity index (χ4n) is 2.36. The summed E-state index contributed by atoms with van der Waals surface area (Å²) in [6.07, 6.45) is -0.00209. The molecule has 1 spiro atoms. The predicted octanol–water partition coefficient (Wildman–Crippen LogP) is -1.54. The van der Waals surface area contributed by atoms with Crippen LogP contribution in [0.2, 0.25) is 0 Å². The molecule has 0 bridgehead atoms. The zero-order valence-corrected chi connectivity index (χ0v) is 11.4. The van der Waals surface area contributed by atoms with Crippen molar-refractivity contribution in [2.24, 2.45) is 0 Å². The number of nitrogens with one attached hydrogen (secondary N) is 2. The maximum absolute atomic E-state index is 12.0. The lowest BCUT2D eigenvalue weighted by Crippen LogP contribution is -2.49. The molecule has 10 heteroatoms. The molecule has 2 heterocycles. The van der Waals surface area contributed by atoms with Crippen molar-refractivity contribution in [3.63, 3.8) is 0 Å². The Morgan fingerprint density at radius 1 is 1.40 bits per heavy atom. The number of nitrogens with zero attached hydrogens (tertiary/aromatic N) is 1. The van der Waals surface area contributed by atoms with Crippen LogP contribution in [-0.4, -0.2) is 60.1 Å². The van der Waals surface area contributed by atoms with Gasteiger partial charge in [0.05, 0.1) is 5.75 Å². The summed E-state index contributed by atoms with van der Waals surface area (Å²) in [4.78, 5) is 33.2. The Morgan fingerprint density at radius 3 is 2.65 bits per heavy atom. The molecule has 1 atom stereocenters. The van der Waals surface area contributed by atoms with Gasteiger partial charge in [0.1, 0.15) is 5.54 Å². The van der Waals surface area contributed by atoms with Gasteiger partial charge >= 0.3 is 12.0 Å². The van der Waals surface area contributed by atoms with E-state index in [0.717, 1.165) is 4.31 Å². The van der Waals surface area contributed by atoms with Gasteiger partial charge in [0, 0.05) is 19.5 Å². The number of sulfonamides is 1. The molecule has 1 unspecified atom stereocenters. The van der Waals surface area contributed by atoms with Gasteiger partial charge in [0.2, 0.25) is 10.0 Å². The van der Waals surface area contributed by atoms with Crippen LogP contribution in [0.5, 0.6) is 0 Å². The quantitative estimate of drug-likeness (QED) is 0.527. The number of amides is 3. The van der Waals surface area contributed by atoms with Crippen LogP contribution in [0.1, 0.15) is 19.3 Å². The first-order valence-corrected chi connectivity index (χ1v) is 7.69. The van der Waals surface area contributed by atoms with Crippen molar-refractivity contribution in [1.29, 1.82) is 0 Å². The highest BCUT2D eigenvalue weighted by molar-refractivity contribution is 7.89. The Bertz CT molecular complexity index is 559. The molecule has 0 aliphatic carbocycles. The number of carboxylic acid groups (broad SMARTS) is 1. The summed E-state index contributed by atoms with van der Waals surface area (Å²) in [5, 5.41) is 13.0. The lowest BCUT2D eigenvalue weighted by atomic mass is 10.00. The van der Waals surface area contributed by atoms with Gasteiger partial charge < -0.3 is 10.4 Å². The molecule has 9 nitrogen and oxygen atoms in total. The molecule has 2 fully saturated rings. The monoisotopic (exact) mass is 305 g/mol. The maximum atomic E-state index is 12.0. The standard InChI is InChI=1S/C10H15N3O6S/c14-7(15)2-1-5-20(18,19)13-4-3-10(6-13)8(16)11-9(17)12-10/h1-6H2,(H,14,15)(H2,11,12,16,17). The lowest BCUT2D eigenvalue weighted by molar-refractivity contribution is -0.137. The molecule has 2 aliphatic rings. The highest BCUT2D eigenvalue weighted by Crippen LogP contribution is 2.27. The summed E-state index contributed by atoms with van der Waals surface area (Å²) in [5.41, 5.74) is -1.18. The first-order chi connectivity index (χ1) is 9.25. The van der Waals surface area contributed by atoms with Crippen LogP contribution < -0.4 is 10.6 Å². The van der Waals surface area contributed by atoms with Gasteiger partial charge in [-0.25, -0.2) is 13.2 Å². The van der Waals surface area contributed by atoms with E-state index in [9.17, 15) is 22.8 Å². The van der Waals surface area contributed by atoms with Gasteiger partial charge in [-0.3, -0.25) is 14.9 Å². The van der Waals surface area contributed by atoms with E-state index in [0.29, 0.717) is 0 Å². The molecule has 0 aromatic heterocycles. The van der Waals surface area contributed by atoms with E-state index in [1.54, 1.807) is 0 Å². The summed E-state index contributed by atoms with van der Waals surface area (Å²) >= 11 is 0. The summed E-state index contributed by atoms with van der Waals surface area (Å²) in [6, 6.07) is -0.625. The van der Waals surface area contributed by atoms with E-state index in [2.05, 4.69) is 10.6 Å². The van der Waals surface area contributed by atoms with Gasteiger partial charge in [-0.1, -0.05) is 0 Å². The van der Waals surface area contributed by atoms with Gasteiger partial charge in [-0.2, -0.15) is 4.31 Å². The molecular weight excluding hydrogens is 290 g/mol. The largest absolute Gasteiger partial charge is 0.481 e. The van der Waals surface area contributed by atoms with Gasteiger partial charge in [0.25, 0.3) is 5.91 Å². The average molecular weight is 305 g/mol. The SMILES string of the molecule is O=C(O)CCCS(=O)(=O)N1CCC2(C1)NC(=O)NC2=O. The van der Waals surface area contributed by atoms with Gasteiger partial charge in [-0.15, -0.1) is 0 Å². The number of imide groups is 1. The highest BCUT2D eigenvalue weighted by Gasteiger charge is 2.52. The minimum atomic E-state index is -3.62. The zero-order chi connectivity index (χ0) is 15.0. The second-order valence-corrected chi connectivity index (χ2v) is 6.98. The van der Waals surface area contributed by atoms with Crippen LogP contribution in [0.25, 0.3) is 0 Å². The van der Waals surface area contributed by atoms with Crippen LogP contribution in [0, 0.1) is 0 Å². The van der Waals surface area contributed by atoms with Crippen LogP contribution in [0.4, 0.5) is 4.79 Å². The minimum Gasteiger partial charge on any atom is -0.481 e. The van der Waals surface area contributed by atoms with Crippen molar-refractivity contribution in [1.82, 2.24) is 14.9 Å². The molecule has 3 amide bonds. The van der Waals surface area contributed by atoms with Crippen molar-refractivity contribution in [3.8, 4) is 0 Å². The smallest absolute Gasteiger partial charge is 0.322 e. The molecule has 112 valence electrons. The zero-order valence-electron chi connectivity index (χ0n) is 10.6. The number of hydrogen-bond acceptors (Lipinski definition) is 5. The number of urea groups is 1. The van der Waals surface area contributed by atoms with Crippen molar-refractivity contribution in [2.45, 2.75) is 24.8 Å². The van der Waals surface area contributed by atoms with E-state index in [4.69, 9.17) is 5.11 Å². The third-order valence-electron chi connectivity index (χ3n) is 3.44. The number of hydrogen-bond donors (Lipinski definition) is 3. The van der Waals surface area contributed by atoms with E-state index >= 15 is 0 Å². The second kappa shape index (κ2) is 5.02. The molecule has 0 radical (unpaired) electrons. The normalized spacial score (nSPS) is 26.8. The maximum Gasteiger partial charge on any atom is 0.322 e. The van der Waals surface area contributed by atoms with Crippen LogP contribution in [-0.2, 0) is 19.6 Å². The topological polar surface area (TPSA) is 133 Å². The third-order valence-corrected chi connectivity index (χ3v) is 5.34. The second-order valence-electron chi connectivity index (χ2n) is 4.89. The molecule has 3 N–H and O–H groups in total. The van der Waals surface area contributed by atoms with Gasteiger partial charge in [0.15, 0.2) is 0 Å². The van der Waals surface area contributed by atoms with Crippen LogP contribution >= 0.6 is 0 Å². The molecule has 0 aromatic carbocycles. The van der Waals surface area contributed by atoms with E-state index in [1.807, 2.05) is 0 Å². The number of rotatable bonds is 5. The molecule has 20 heavy (non-hydrogen) atoms. The van der Waals surface area contributed by atoms with Crippen LogP contribution in [0.3, 0.4) is 0 Å². The molecule has 0 saturated carbocycles. The number of carboxylic acids is 1. The Labute approximate surface area is 115 Å². The Hall–Kier alpha value is -1.68. The van der Waals surface area contributed by atoms with Crippen LogP contribution in [0.15, 0.2) is 0 Å². The average Bonchev–Trinajstić information content (AvgIpc) is 2.84. The fraction of sp³-hybridized carbons (Fsp3) is 0.700. The fourth-order valence-corrected chi connectivity index (χ4v) is 3.92. The first-order valence-electron chi connectivity index (χ1n) is 6.08. The van der Waals surface area contributed by atoms with Gasteiger partial charge in [-0.05, 0) is 12.8 Å². The molecular formula is C10H15N3O6S.